The van der Waals surface area contributed by atoms with Gasteiger partial charge in [0.2, 0.25) is 0 Å². The molecule has 0 radical (unpaired) electrons. The van der Waals surface area contributed by atoms with Gasteiger partial charge >= 0.3 is 5.97 Å². The Labute approximate surface area is 105 Å². The molecule has 1 rings (SSSR count). The van der Waals surface area contributed by atoms with Crippen molar-refractivity contribution in [2.45, 2.75) is 18.9 Å². The van der Waals surface area contributed by atoms with Crippen molar-refractivity contribution < 1.29 is 19.1 Å². The number of carbonyl (C=O) groups is 2. The Morgan fingerprint density at radius 2 is 1.83 bits per heavy atom. The summed E-state index contributed by atoms with van der Waals surface area (Å²) in [5.74, 6) is -1.53. The van der Waals surface area contributed by atoms with Crippen LogP contribution in [0.15, 0.2) is 24.3 Å². The number of ketones is 1. The van der Waals surface area contributed by atoms with Crippen molar-refractivity contribution in [1.29, 1.82) is 0 Å². The summed E-state index contributed by atoms with van der Waals surface area (Å²) in [5, 5.41) is 8.65. The number of benzene rings is 1. The zero-order valence-electron chi connectivity index (χ0n) is 10.4. The Bertz CT molecular complexity index is 428. The van der Waals surface area contributed by atoms with Gasteiger partial charge in [0.1, 0.15) is 5.82 Å². The molecule has 0 spiro atoms. The fourth-order valence-corrected chi connectivity index (χ4v) is 1.69. The molecule has 98 valence electrons. The monoisotopic (exact) mass is 253 g/mol. The molecule has 0 saturated carbocycles. The second-order valence-corrected chi connectivity index (χ2v) is 4.28. The zero-order valence-corrected chi connectivity index (χ0v) is 10.4. The van der Waals surface area contributed by atoms with Crippen LogP contribution in [0.3, 0.4) is 0 Å². The number of Topliss-reactive ketones (excluding diaryl/α,β-unsaturated/α-hetero) is 1. The minimum Gasteiger partial charge on any atom is -0.481 e. The fourth-order valence-electron chi connectivity index (χ4n) is 1.69. The molecular formula is C13H16FNO3. The second kappa shape index (κ2) is 6.26. The van der Waals surface area contributed by atoms with Crippen molar-refractivity contribution in [2.75, 3.05) is 14.1 Å². The number of carboxylic acid groups (broad SMARTS) is 1. The summed E-state index contributed by atoms with van der Waals surface area (Å²) in [6, 6.07) is 4.75. The predicted octanol–water partition coefficient (Wildman–Crippen LogP) is 1.80. The number of likely N-dealkylation sites (N-methyl/N-ethyl adjacent to an activating group) is 1. The highest BCUT2D eigenvalue weighted by Gasteiger charge is 2.22. The highest BCUT2D eigenvalue weighted by Crippen LogP contribution is 2.13. The first-order chi connectivity index (χ1) is 8.41. The molecule has 5 heteroatoms. The standard InChI is InChI=1S/C13H16FNO3/c1-15(2)11(7-8-12(16)17)13(18)9-3-5-10(14)6-4-9/h3-6,11H,7-8H2,1-2H3,(H,16,17). The number of nitrogens with zero attached hydrogens (tertiary/aromatic N) is 1. The quantitative estimate of drug-likeness (QED) is 0.785. The van der Waals surface area contributed by atoms with Gasteiger partial charge in [0.25, 0.3) is 0 Å². The van der Waals surface area contributed by atoms with E-state index in [1.165, 1.54) is 24.3 Å². The van der Waals surface area contributed by atoms with Crippen molar-refractivity contribution in [1.82, 2.24) is 4.90 Å². The van der Waals surface area contributed by atoms with E-state index in [0.717, 1.165) is 0 Å². The summed E-state index contributed by atoms with van der Waals surface area (Å²) >= 11 is 0. The van der Waals surface area contributed by atoms with Gasteiger partial charge in [-0.2, -0.15) is 0 Å². The normalized spacial score (nSPS) is 12.4. The van der Waals surface area contributed by atoms with Gasteiger partial charge in [-0.1, -0.05) is 0 Å². The summed E-state index contributed by atoms with van der Waals surface area (Å²) < 4.78 is 12.8. The lowest BCUT2D eigenvalue weighted by Gasteiger charge is -2.22. The third-order valence-electron chi connectivity index (χ3n) is 2.69. The van der Waals surface area contributed by atoms with Crippen molar-refractivity contribution in [3.63, 3.8) is 0 Å². The Balaban J connectivity index is 2.82. The third kappa shape index (κ3) is 3.92. The minimum atomic E-state index is -0.936. The maximum absolute atomic E-state index is 12.8. The van der Waals surface area contributed by atoms with E-state index >= 15 is 0 Å². The van der Waals surface area contributed by atoms with Gasteiger partial charge in [-0.05, 0) is 44.8 Å². The number of carboxylic acids is 1. The van der Waals surface area contributed by atoms with Gasteiger partial charge in [-0.3, -0.25) is 14.5 Å². The molecule has 0 saturated heterocycles. The number of rotatable bonds is 6. The van der Waals surface area contributed by atoms with Crippen LogP contribution in [0.4, 0.5) is 4.39 Å². The molecule has 1 aromatic rings. The van der Waals surface area contributed by atoms with E-state index in [1.54, 1.807) is 19.0 Å². The van der Waals surface area contributed by atoms with Crippen LogP contribution in [0.25, 0.3) is 0 Å². The first-order valence-corrected chi connectivity index (χ1v) is 5.60. The lowest BCUT2D eigenvalue weighted by molar-refractivity contribution is -0.137. The molecule has 0 amide bonds. The lowest BCUT2D eigenvalue weighted by Crippen LogP contribution is -2.36. The zero-order chi connectivity index (χ0) is 13.7. The van der Waals surface area contributed by atoms with Crippen LogP contribution in [-0.4, -0.2) is 41.9 Å². The van der Waals surface area contributed by atoms with Crippen LogP contribution >= 0.6 is 0 Å². The SMILES string of the molecule is CN(C)C(CCC(=O)O)C(=O)c1ccc(F)cc1. The average molecular weight is 253 g/mol. The summed E-state index contributed by atoms with van der Waals surface area (Å²) in [6.07, 6.45) is 0.161. The molecule has 1 atom stereocenters. The largest absolute Gasteiger partial charge is 0.481 e. The van der Waals surface area contributed by atoms with Gasteiger partial charge in [0, 0.05) is 12.0 Å². The molecule has 1 aromatic carbocycles. The number of carbonyl (C=O) groups excluding carboxylic acids is 1. The van der Waals surface area contributed by atoms with Gasteiger partial charge in [0.05, 0.1) is 6.04 Å². The molecule has 0 aliphatic rings. The molecule has 0 aromatic heterocycles. The average Bonchev–Trinajstić information content (AvgIpc) is 2.29. The van der Waals surface area contributed by atoms with E-state index in [2.05, 4.69) is 0 Å². The predicted molar refractivity (Wildman–Crippen MR) is 65.1 cm³/mol. The Morgan fingerprint density at radius 1 is 1.28 bits per heavy atom. The molecule has 0 bridgehead atoms. The van der Waals surface area contributed by atoms with E-state index in [-0.39, 0.29) is 18.6 Å². The molecule has 1 unspecified atom stereocenters. The Morgan fingerprint density at radius 3 is 2.28 bits per heavy atom. The van der Waals surface area contributed by atoms with Crippen LogP contribution in [0.1, 0.15) is 23.2 Å². The second-order valence-electron chi connectivity index (χ2n) is 4.28. The topological polar surface area (TPSA) is 57.6 Å². The van der Waals surface area contributed by atoms with Crippen molar-refractivity contribution in [3.8, 4) is 0 Å². The van der Waals surface area contributed by atoms with Crippen molar-refractivity contribution >= 4 is 11.8 Å². The molecule has 0 aliphatic heterocycles. The fraction of sp³-hybridized carbons (Fsp3) is 0.385. The van der Waals surface area contributed by atoms with Crippen LogP contribution in [0, 0.1) is 5.82 Å². The molecule has 0 heterocycles. The molecule has 18 heavy (non-hydrogen) atoms. The third-order valence-corrected chi connectivity index (χ3v) is 2.69. The number of hydrogen-bond acceptors (Lipinski definition) is 3. The van der Waals surface area contributed by atoms with Gasteiger partial charge in [-0.25, -0.2) is 4.39 Å². The van der Waals surface area contributed by atoms with Crippen LogP contribution in [0.5, 0.6) is 0 Å². The van der Waals surface area contributed by atoms with Crippen molar-refractivity contribution in [2.24, 2.45) is 0 Å². The Hall–Kier alpha value is -1.75. The van der Waals surface area contributed by atoms with E-state index in [1.807, 2.05) is 0 Å². The number of aliphatic carboxylic acids is 1. The highest BCUT2D eigenvalue weighted by atomic mass is 19.1. The smallest absolute Gasteiger partial charge is 0.303 e. The van der Waals surface area contributed by atoms with E-state index in [0.29, 0.717) is 5.56 Å². The first kappa shape index (κ1) is 14.3. The summed E-state index contributed by atoms with van der Waals surface area (Å²) in [6.45, 7) is 0. The molecular weight excluding hydrogens is 237 g/mol. The van der Waals surface area contributed by atoms with Gasteiger partial charge in [-0.15, -0.1) is 0 Å². The van der Waals surface area contributed by atoms with Crippen LogP contribution in [-0.2, 0) is 4.79 Å². The van der Waals surface area contributed by atoms with Crippen LogP contribution in [0.2, 0.25) is 0 Å². The van der Waals surface area contributed by atoms with Crippen molar-refractivity contribution in [3.05, 3.63) is 35.6 Å². The molecule has 0 fully saturated rings. The number of hydrogen-bond donors (Lipinski definition) is 1. The summed E-state index contributed by atoms with van der Waals surface area (Å²) in [5.41, 5.74) is 0.389. The van der Waals surface area contributed by atoms with Gasteiger partial charge in [0.15, 0.2) is 5.78 Å². The van der Waals surface area contributed by atoms with Gasteiger partial charge < -0.3 is 5.11 Å². The maximum Gasteiger partial charge on any atom is 0.303 e. The maximum atomic E-state index is 12.8. The number of halogens is 1. The summed E-state index contributed by atoms with van der Waals surface area (Å²) in [7, 11) is 3.43. The molecule has 4 nitrogen and oxygen atoms in total. The first-order valence-electron chi connectivity index (χ1n) is 5.60. The van der Waals surface area contributed by atoms with E-state index in [9.17, 15) is 14.0 Å². The van der Waals surface area contributed by atoms with E-state index in [4.69, 9.17) is 5.11 Å². The Kier molecular flexibility index (Phi) is 4.97. The van der Waals surface area contributed by atoms with Crippen LogP contribution < -0.4 is 0 Å². The lowest BCUT2D eigenvalue weighted by atomic mass is 9.99. The highest BCUT2D eigenvalue weighted by molar-refractivity contribution is 6.00. The molecule has 1 N–H and O–H groups in total. The summed E-state index contributed by atoms with van der Waals surface area (Å²) in [4.78, 5) is 24.4. The minimum absolute atomic E-state index is 0.0736. The molecule has 0 aliphatic carbocycles. The van der Waals surface area contributed by atoms with E-state index < -0.39 is 17.8 Å².